The predicted molar refractivity (Wildman–Crippen MR) is 55.4 cm³/mol. The molecule has 2 aromatic rings. The van der Waals surface area contributed by atoms with Crippen molar-refractivity contribution in [2.24, 2.45) is 0 Å². The zero-order valence-electron chi connectivity index (χ0n) is 7.48. The minimum Gasteiger partial charge on any atom is -0.465 e. The van der Waals surface area contributed by atoms with E-state index in [-0.39, 0.29) is 0 Å². The molecule has 0 bridgehead atoms. The summed E-state index contributed by atoms with van der Waals surface area (Å²) in [6, 6.07) is 1.76. The molecule has 0 aliphatic heterocycles. The molecule has 0 aromatic carbocycles. The van der Waals surface area contributed by atoms with Crippen LogP contribution in [0, 0.1) is 0 Å². The van der Waals surface area contributed by atoms with Crippen LogP contribution in [0.4, 0.5) is 5.00 Å². The molecule has 0 unspecified atom stereocenters. The van der Waals surface area contributed by atoms with Crippen LogP contribution in [0.5, 0.6) is 0 Å². The van der Waals surface area contributed by atoms with Crippen molar-refractivity contribution in [3.05, 3.63) is 24.0 Å². The molecule has 0 aliphatic carbocycles. The van der Waals surface area contributed by atoms with E-state index in [0.29, 0.717) is 10.6 Å². The Morgan fingerprint density at radius 2 is 2.43 bits per heavy atom. The van der Waals surface area contributed by atoms with Crippen LogP contribution in [0.2, 0.25) is 0 Å². The number of hydrogen-bond donors (Lipinski definition) is 1. The topological polar surface area (TPSA) is 65.2 Å². The van der Waals surface area contributed by atoms with Crippen molar-refractivity contribution >= 4 is 32.4 Å². The van der Waals surface area contributed by atoms with Crippen LogP contribution in [0.25, 0.3) is 10.1 Å². The third-order valence-corrected chi connectivity index (χ3v) is 2.88. The molecule has 2 aromatic heterocycles. The average Bonchev–Trinajstić information content (AvgIpc) is 2.53. The van der Waals surface area contributed by atoms with E-state index in [0.717, 1.165) is 10.1 Å². The zero-order valence-corrected chi connectivity index (χ0v) is 8.30. The molecule has 0 amide bonds. The number of fused-ring (bicyclic) bond motifs is 1. The number of nitrogen functional groups attached to an aromatic ring is 1. The molecule has 0 atom stereocenters. The van der Waals surface area contributed by atoms with Gasteiger partial charge in [-0.3, -0.25) is 4.98 Å². The predicted octanol–water partition coefficient (Wildman–Crippen LogP) is 1.67. The lowest BCUT2D eigenvalue weighted by Crippen LogP contribution is -2.02. The first kappa shape index (κ1) is 8.96. The van der Waals surface area contributed by atoms with Gasteiger partial charge < -0.3 is 10.5 Å². The Balaban J connectivity index is 2.74. The number of rotatable bonds is 1. The summed E-state index contributed by atoms with van der Waals surface area (Å²) in [4.78, 5) is 15.3. The minimum atomic E-state index is -0.403. The van der Waals surface area contributed by atoms with Crippen LogP contribution >= 0.6 is 11.3 Å². The largest absolute Gasteiger partial charge is 0.465 e. The lowest BCUT2D eigenvalue weighted by Gasteiger charge is -1.97. The maximum absolute atomic E-state index is 11.4. The molecule has 0 fully saturated rings. The third-order valence-electron chi connectivity index (χ3n) is 1.91. The van der Waals surface area contributed by atoms with Gasteiger partial charge in [-0.2, -0.15) is 0 Å². The van der Waals surface area contributed by atoms with E-state index in [2.05, 4.69) is 9.72 Å². The molecule has 0 saturated carbocycles. The summed E-state index contributed by atoms with van der Waals surface area (Å²) < 4.78 is 5.54. The van der Waals surface area contributed by atoms with Crippen LogP contribution in [-0.4, -0.2) is 18.1 Å². The maximum Gasteiger partial charge on any atom is 0.341 e. The van der Waals surface area contributed by atoms with Crippen LogP contribution in [-0.2, 0) is 4.74 Å². The number of nitrogens with two attached hydrogens (primary N) is 1. The van der Waals surface area contributed by atoms with E-state index < -0.39 is 5.97 Å². The normalized spacial score (nSPS) is 10.4. The first-order valence-corrected chi connectivity index (χ1v) is 4.76. The second-order valence-electron chi connectivity index (χ2n) is 2.70. The molecule has 0 aliphatic rings. The third kappa shape index (κ3) is 1.22. The summed E-state index contributed by atoms with van der Waals surface area (Å²) in [5.74, 6) is -0.403. The molecule has 14 heavy (non-hydrogen) atoms. The number of carbonyl (C=O) groups is 1. The number of ether oxygens (including phenoxy) is 1. The van der Waals surface area contributed by atoms with Crippen molar-refractivity contribution in [3.63, 3.8) is 0 Å². The summed E-state index contributed by atoms with van der Waals surface area (Å²) in [6.07, 6.45) is 3.31. The van der Waals surface area contributed by atoms with Gasteiger partial charge in [0, 0.05) is 17.8 Å². The Bertz CT molecular complexity index is 493. The van der Waals surface area contributed by atoms with E-state index in [4.69, 9.17) is 5.73 Å². The van der Waals surface area contributed by atoms with Crippen LogP contribution < -0.4 is 5.73 Å². The highest BCUT2D eigenvalue weighted by molar-refractivity contribution is 7.23. The SMILES string of the molecule is COC(=O)c1c(N)sc2cnccc12. The Labute approximate surface area is 84.3 Å². The van der Waals surface area contributed by atoms with Crippen LogP contribution in [0.1, 0.15) is 10.4 Å². The van der Waals surface area contributed by atoms with Crippen molar-refractivity contribution in [2.75, 3.05) is 12.8 Å². The minimum absolute atomic E-state index is 0.403. The van der Waals surface area contributed by atoms with E-state index in [1.807, 2.05) is 0 Å². The lowest BCUT2D eigenvalue weighted by atomic mass is 10.2. The molecule has 0 spiro atoms. The Morgan fingerprint density at radius 3 is 3.14 bits per heavy atom. The summed E-state index contributed by atoms with van der Waals surface area (Å²) >= 11 is 1.34. The first-order valence-electron chi connectivity index (χ1n) is 3.94. The van der Waals surface area contributed by atoms with Crippen molar-refractivity contribution in [1.29, 1.82) is 0 Å². The Morgan fingerprint density at radius 1 is 1.64 bits per heavy atom. The molecule has 2 N–H and O–H groups in total. The molecule has 0 saturated heterocycles. The van der Waals surface area contributed by atoms with Gasteiger partial charge in [0.15, 0.2) is 0 Å². The van der Waals surface area contributed by atoms with Gasteiger partial charge >= 0.3 is 5.97 Å². The highest BCUT2D eigenvalue weighted by atomic mass is 32.1. The second-order valence-corrected chi connectivity index (χ2v) is 3.79. The molecule has 72 valence electrons. The lowest BCUT2D eigenvalue weighted by molar-refractivity contribution is 0.0604. The van der Waals surface area contributed by atoms with Gasteiger partial charge in [0.05, 0.1) is 11.8 Å². The van der Waals surface area contributed by atoms with E-state index >= 15 is 0 Å². The Kier molecular flexibility index (Phi) is 2.09. The zero-order chi connectivity index (χ0) is 10.1. The number of esters is 1. The smallest absolute Gasteiger partial charge is 0.341 e. The van der Waals surface area contributed by atoms with E-state index in [1.165, 1.54) is 18.4 Å². The summed E-state index contributed by atoms with van der Waals surface area (Å²) in [5, 5.41) is 1.27. The average molecular weight is 208 g/mol. The maximum atomic E-state index is 11.4. The first-order chi connectivity index (χ1) is 6.74. The van der Waals surface area contributed by atoms with Gasteiger partial charge in [0.25, 0.3) is 0 Å². The number of pyridine rings is 1. The number of hydrogen-bond acceptors (Lipinski definition) is 5. The molecule has 0 radical (unpaired) electrons. The summed E-state index contributed by atoms with van der Waals surface area (Å²) in [7, 11) is 1.34. The van der Waals surface area contributed by atoms with Gasteiger partial charge in [0.2, 0.25) is 0 Å². The molecule has 2 rings (SSSR count). The molecule has 2 heterocycles. The monoisotopic (exact) mass is 208 g/mol. The Hall–Kier alpha value is -1.62. The fraction of sp³-hybridized carbons (Fsp3) is 0.111. The number of carbonyl (C=O) groups excluding carboxylic acids is 1. The van der Waals surface area contributed by atoms with Gasteiger partial charge in [-0.1, -0.05) is 0 Å². The number of nitrogens with zero attached hydrogens (tertiary/aromatic N) is 1. The molecule has 4 nitrogen and oxygen atoms in total. The molecular weight excluding hydrogens is 200 g/mol. The fourth-order valence-corrected chi connectivity index (χ4v) is 2.21. The van der Waals surface area contributed by atoms with Gasteiger partial charge in [0.1, 0.15) is 10.6 Å². The van der Waals surface area contributed by atoms with Crippen molar-refractivity contribution in [1.82, 2.24) is 4.98 Å². The highest BCUT2D eigenvalue weighted by Crippen LogP contribution is 2.32. The summed E-state index contributed by atoms with van der Waals surface area (Å²) in [5.41, 5.74) is 6.16. The quantitative estimate of drug-likeness (QED) is 0.724. The number of thiophene rings is 1. The van der Waals surface area contributed by atoms with E-state index in [9.17, 15) is 4.79 Å². The fourth-order valence-electron chi connectivity index (χ4n) is 1.28. The van der Waals surface area contributed by atoms with Crippen molar-refractivity contribution in [3.8, 4) is 0 Å². The molecular formula is C9H8N2O2S. The van der Waals surface area contributed by atoms with Gasteiger partial charge in [-0.05, 0) is 6.07 Å². The second kappa shape index (κ2) is 3.26. The van der Waals surface area contributed by atoms with Crippen LogP contribution in [0.3, 0.4) is 0 Å². The van der Waals surface area contributed by atoms with Crippen LogP contribution in [0.15, 0.2) is 18.5 Å². The number of aromatic nitrogens is 1. The van der Waals surface area contributed by atoms with E-state index in [1.54, 1.807) is 18.5 Å². The standard InChI is InChI=1S/C9H8N2O2S/c1-13-9(12)7-5-2-3-11-4-6(5)14-8(7)10/h2-4H,10H2,1H3. The highest BCUT2D eigenvalue weighted by Gasteiger charge is 2.17. The van der Waals surface area contributed by atoms with Crippen molar-refractivity contribution in [2.45, 2.75) is 0 Å². The van der Waals surface area contributed by atoms with Gasteiger partial charge in [-0.25, -0.2) is 4.79 Å². The van der Waals surface area contributed by atoms with Gasteiger partial charge in [-0.15, -0.1) is 11.3 Å². The molecule has 5 heteroatoms. The van der Waals surface area contributed by atoms with Crippen molar-refractivity contribution < 1.29 is 9.53 Å². The summed E-state index contributed by atoms with van der Waals surface area (Å²) in [6.45, 7) is 0. The number of anilines is 1. The number of methoxy groups -OCH3 is 1.